The molecule has 2 aromatic carbocycles. The van der Waals surface area contributed by atoms with Crippen molar-refractivity contribution in [3.63, 3.8) is 0 Å². The second kappa shape index (κ2) is 8.15. The molecule has 0 bridgehead atoms. The molecule has 1 atom stereocenters. The summed E-state index contributed by atoms with van der Waals surface area (Å²) in [5, 5.41) is 13.5. The van der Waals surface area contributed by atoms with Crippen molar-refractivity contribution in [2.75, 3.05) is 18.5 Å². The van der Waals surface area contributed by atoms with E-state index in [0.717, 1.165) is 6.07 Å². The second-order valence-corrected chi connectivity index (χ2v) is 6.29. The number of amides is 1. The number of carbonyl (C=O) groups is 2. The number of carbonyl (C=O) groups excluding carboxylic acids is 2. The SMILES string of the molecule is O=C(Nc1ccc(OC(=O)C2CCOC2)cc1)c1cc([N+](=O)[O-])ccc1Cl. The summed E-state index contributed by atoms with van der Waals surface area (Å²) in [4.78, 5) is 34.5. The molecule has 0 radical (unpaired) electrons. The number of anilines is 1. The Hall–Kier alpha value is -2.97. The minimum absolute atomic E-state index is 0.0115. The zero-order chi connectivity index (χ0) is 19.4. The number of hydrogen-bond donors (Lipinski definition) is 1. The van der Waals surface area contributed by atoms with Crippen molar-refractivity contribution >= 4 is 34.9 Å². The molecular formula is C18H15ClN2O6. The van der Waals surface area contributed by atoms with Crippen LogP contribution >= 0.6 is 11.6 Å². The first-order valence-corrected chi connectivity index (χ1v) is 8.46. The van der Waals surface area contributed by atoms with E-state index in [4.69, 9.17) is 21.1 Å². The first-order chi connectivity index (χ1) is 12.9. The van der Waals surface area contributed by atoms with Crippen LogP contribution in [0.4, 0.5) is 11.4 Å². The van der Waals surface area contributed by atoms with E-state index in [1.165, 1.54) is 12.1 Å². The maximum atomic E-state index is 12.3. The minimum Gasteiger partial charge on any atom is -0.426 e. The Morgan fingerprint density at radius 2 is 1.96 bits per heavy atom. The molecule has 0 saturated carbocycles. The van der Waals surface area contributed by atoms with Gasteiger partial charge in [0.25, 0.3) is 11.6 Å². The summed E-state index contributed by atoms with van der Waals surface area (Å²) in [6.45, 7) is 0.905. The summed E-state index contributed by atoms with van der Waals surface area (Å²) in [6.07, 6.45) is 0.636. The number of rotatable bonds is 5. The van der Waals surface area contributed by atoms with Gasteiger partial charge >= 0.3 is 5.97 Å². The predicted molar refractivity (Wildman–Crippen MR) is 97.1 cm³/mol. The van der Waals surface area contributed by atoms with Gasteiger partial charge in [-0.05, 0) is 36.8 Å². The molecule has 0 spiro atoms. The summed E-state index contributed by atoms with van der Waals surface area (Å²) in [5.41, 5.74) is 0.178. The van der Waals surface area contributed by atoms with Crippen LogP contribution < -0.4 is 10.1 Å². The molecule has 2 aromatic rings. The number of nitro benzene ring substituents is 1. The van der Waals surface area contributed by atoms with Gasteiger partial charge in [-0.1, -0.05) is 11.6 Å². The van der Waals surface area contributed by atoms with Gasteiger partial charge in [0.15, 0.2) is 0 Å². The molecule has 1 saturated heterocycles. The van der Waals surface area contributed by atoms with Crippen LogP contribution in [0.2, 0.25) is 5.02 Å². The van der Waals surface area contributed by atoms with Crippen LogP contribution in [0.3, 0.4) is 0 Å². The highest BCUT2D eigenvalue weighted by molar-refractivity contribution is 6.34. The van der Waals surface area contributed by atoms with Crippen molar-refractivity contribution in [3.05, 3.63) is 63.2 Å². The minimum atomic E-state index is -0.606. The van der Waals surface area contributed by atoms with Gasteiger partial charge in [-0.25, -0.2) is 0 Å². The number of nitro groups is 1. The summed E-state index contributed by atoms with van der Waals surface area (Å²) >= 11 is 5.96. The lowest BCUT2D eigenvalue weighted by Crippen LogP contribution is -2.20. The van der Waals surface area contributed by atoms with Crippen LogP contribution in [-0.4, -0.2) is 30.0 Å². The van der Waals surface area contributed by atoms with Gasteiger partial charge in [-0.3, -0.25) is 19.7 Å². The van der Waals surface area contributed by atoms with Crippen molar-refractivity contribution in [2.24, 2.45) is 5.92 Å². The van der Waals surface area contributed by atoms with Crippen molar-refractivity contribution in [3.8, 4) is 5.75 Å². The predicted octanol–water partition coefficient (Wildman–Crippen LogP) is 3.44. The molecule has 1 heterocycles. The summed E-state index contributed by atoms with van der Waals surface area (Å²) in [5.74, 6) is -0.858. The van der Waals surface area contributed by atoms with Crippen LogP contribution in [0.1, 0.15) is 16.8 Å². The smallest absolute Gasteiger partial charge is 0.316 e. The largest absolute Gasteiger partial charge is 0.426 e. The third-order valence-corrected chi connectivity index (χ3v) is 4.33. The van der Waals surface area contributed by atoms with Crippen molar-refractivity contribution < 1.29 is 24.0 Å². The number of benzene rings is 2. The first kappa shape index (κ1) is 18.8. The van der Waals surface area contributed by atoms with Gasteiger partial charge in [-0.2, -0.15) is 0 Å². The molecule has 8 nitrogen and oxygen atoms in total. The van der Waals surface area contributed by atoms with E-state index in [-0.39, 0.29) is 28.2 Å². The molecule has 0 aliphatic carbocycles. The Morgan fingerprint density at radius 1 is 1.22 bits per heavy atom. The lowest BCUT2D eigenvalue weighted by atomic mass is 10.1. The molecule has 1 aliphatic rings. The molecule has 1 amide bonds. The molecule has 140 valence electrons. The topological polar surface area (TPSA) is 108 Å². The van der Waals surface area contributed by atoms with Crippen LogP contribution in [0.15, 0.2) is 42.5 Å². The molecule has 0 aromatic heterocycles. The van der Waals surface area contributed by atoms with E-state index in [1.807, 2.05) is 0 Å². The quantitative estimate of drug-likeness (QED) is 0.362. The van der Waals surface area contributed by atoms with E-state index < -0.39 is 10.8 Å². The molecule has 1 fully saturated rings. The summed E-state index contributed by atoms with van der Waals surface area (Å²) in [7, 11) is 0. The molecule has 1 unspecified atom stereocenters. The Kier molecular flexibility index (Phi) is 5.68. The van der Waals surface area contributed by atoms with Crippen LogP contribution in [0, 0.1) is 16.0 Å². The first-order valence-electron chi connectivity index (χ1n) is 8.09. The highest BCUT2D eigenvalue weighted by Crippen LogP contribution is 2.24. The lowest BCUT2D eigenvalue weighted by molar-refractivity contribution is -0.384. The fourth-order valence-corrected chi connectivity index (χ4v) is 2.73. The van der Waals surface area contributed by atoms with Crippen LogP contribution in [-0.2, 0) is 9.53 Å². The fourth-order valence-electron chi connectivity index (χ4n) is 2.53. The van der Waals surface area contributed by atoms with Gasteiger partial charge in [0.1, 0.15) is 5.75 Å². The maximum Gasteiger partial charge on any atom is 0.316 e. The molecular weight excluding hydrogens is 376 g/mol. The van der Waals surface area contributed by atoms with Crippen molar-refractivity contribution in [1.29, 1.82) is 0 Å². The lowest BCUT2D eigenvalue weighted by Gasteiger charge is -2.10. The normalized spacial score (nSPS) is 16.0. The zero-order valence-electron chi connectivity index (χ0n) is 14.0. The summed E-state index contributed by atoms with van der Waals surface area (Å²) < 4.78 is 10.4. The number of esters is 1. The van der Waals surface area contributed by atoms with Gasteiger partial charge in [-0.15, -0.1) is 0 Å². The summed E-state index contributed by atoms with van der Waals surface area (Å²) in [6, 6.07) is 9.81. The second-order valence-electron chi connectivity index (χ2n) is 5.88. The van der Waals surface area contributed by atoms with Crippen molar-refractivity contribution in [2.45, 2.75) is 6.42 Å². The highest BCUT2D eigenvalue weighted by Gasteiger charge is 2.25. The molecule has 9 heteroatoms. The molecule has 1 aliphatic heterocycles. The van der Waals surface area contributed by atoms with E-state index >= 15 is 0 Å². The molecule has 3 rings (SSSR count). The fraction of sp³-hybridized carbons (Fsp3) is 0.222. The standard InChI is InChI=1S/C18H15ClN2O6/c19-16-6-3-13(21(24)25)9-15(16)17(22)20-12-1-4-14(5-2-12)27-18(23)11-7-8-26-10-11/h1-6,9,11H,7-8,10H2,(H,20,22). The number of nitrogens with zero attached hydrogens (tertiary/aromatic N) is 1. The number of nitrogens with one attached hydrogen (secondary N) is 1. The Labute approximate surface area is 159 Å². The van der Waals surface area contributed by atoms with Gasteiger partial charge in [0.05, 0.1) is 28.0 Å². The Balaban J connectivity index is 1.66. The van der Waals surface area contributed by atoms with Crippen LogP contribution in [0.25, 0.3) is 0 Å². The Morgan fingerprint density at radius 3 is 2.59 bits per heavy atom. The van der Waals surface area contributed by atoms with E-state index in [9.17, 15) is 19.7 Å². The number of hydrogen-bond acceptors (Lipinski definition) is 6. The van der Waals surface area contributed by atoms with Gasteiger partial charge in [0, 0.05) is 24.4 Å². The number of ether oxygens (including phenoxy) is 2. The number of non-ortho nitro benzene ring substituents is 1. The Bertz CT molecular complexity index is 878. The molecule has 1 N–H and O–H groups in total. The van der Waals surface area contributed by atoms with Gasteiger partial charge < -0.3 is 14.8 Å². The maximum absolute atomic E-state index is 12.3. The highest BCUT2D eigenvalue weighted by atomic mass is 35.5. The van der Waals surface area contributed by atoms with Crippen LogP contribution in [0.5, 0.6) is 5.75 Å². The monoisotopic (exact) mass is 390 g/mol. The third-order valence-electron chi connectivity index (χ3n) is 4.00. The average molecular weight is 391 g/mol. The van der Waals surface area contributed by atoms with Gasteiger partial charge in [0.2, 0.25) is 0 Å². The van der Waals surface area contributed by atoms with Crippen molar-refractivity contribution in [1.82, 2.24) is 0 Å². The van der Waals surface area contributed by atoms with E-state index in [1.54, 1.807) is 24.3 Å². The zero-order valence-corrected chi connectivity index (χ0v) is 14.8. The van der Waals surface area contributed by atoms with E-state index in [0.29, 0.717) is 31.1 Å². The molecule has 27 heavy (non-hydrogen) atoms. The number of halogens is 1. The van der Waals surface area contributed by atoms with E-state index in [2.05, 4.69) is 5.32 Å². The third kappa shape index (κ3) is 4.60. The average Bonchev–Trinajstić information content (AvgIpc) is 3.18.